The van der Waals surface area contributed by atoms with Crippen molar-refractivity contribution in [3.63, 3.8) is 0 Å². The third-order valence-electron chi connectivity index (χ3n) is 4.26. The fraction of sp³-hybridized carbons (Fsp3) is 0.263. The van der Waals surface area contributed by atoms with Gasteiger partial charge in [-0.3, -0.25) is 9.69 Å². The third kappa shape index (κ3) is 3.78. The fourth-order valence-electron chi connectivity index (χ4n) is 2.88. The number of cyclic esters (lactones) is 1. The Morgan fingerprint density at radius 3 is 2.89 bits per heavy atom. The summed E-state index contributed by atoms with van der Waals surface area (Å²) in [4.78, 5) is 25.5. The smallest absolute Gasteiger partial charge is 0.414 e. The van der Waals surface area contributed by atoms with Gasteiger partial charge in [-0.2, -0.15) is 0 Å². The Balaban J connectivity index is 1.27. The number of hydrogen-bond acceptors (Lipinski definition) is 6. The van der Waals surface area contributed by atoms with Gasteiger partial charge < -0.3 is 24.3 Å². The summed E-state index contributed by atoms with van der Waals surface area (Å²) in [6.45, 7) is 0.194. The molecular formula is C19H17FN2O6. The lowest BCUT2D eigenvalue weighted by Gasteiger charge is -2.13. The molecule has 0 bridgehead atoms. The first-order valence-electron chi connectivity index (χ1n) is 8.62. The van der Waals surface area contributed by atoms with E-state index in [9.17, 15) is 14.0 Å². The molecular weight excluding hydrogens is 371 g/mol. The van der Waals surface area contributed by atoms with Crippen LogP contribution in [0.1, 0.15) is 0 Å². The molecule has 2 heterocycles. The minimum absolute atomic E-state index is 0.000993. The Labute approximate surface area is 159 Å². The molecule has 9 heteroatoms. The number of rotatable bonds is 6. The van der Waals surface area contributed by atoms with Crippen LogP contribution in [0, 0.1) is 5.82 Å². The Morgan fingerprint density at radius 2 is 2.04 bits per heavy atom. The summed E-state index contributed by atoms with van der Waals surface area (Å²) in [5.74, 6) is 0.196. The van der Waals surface area contributed by atoms with E-state index in [1.54, 1.807) is 24.3 Å². The van der Waals surface area contributed by atoms with E-state index in [4.69, 9.17) is 18.9 Å². The summed E-state index contributed by atoms with van der Waals surface area (Å²) in [5.41, 5.74) is 0.617. The molecule has 1 saturated heterocycles. The van der Waals surface area contributed by atoms with E-state index < -0.39 is 23.9 Å². The van der Waals surface area contributed by atoms with Gasteiger partial charge in [0.15, 0.2) is 29.7 Å². The van der Waals surface area contributed by atoms with Gasteiger partial charge in [-0.1, -0.05) is 12.1 Å². The van der Waals surface area contributed by atoms with Crippen LogP contribution in [0.3, 0.4) is 0 Å². The molecule has 28 heavy (non-hydrogen) atoms. The minimum atomic E-state index is -0.542. The van der Waals surface area contributed by atoms with E-state index in [1.165, 1.54) is 23.1 Å². The number of para-hydroxylation sites is 1. The van der Waals surface area contributed by atoms with Gasteiger partial charge in [0.1, 0.15) is 6.10 Å². The third-order valence-corrected chi connectivity index (χ3v) is 4.26. The van der Waals surface area contributed by atoms with Gasteiger partial charge in [0, 0.05) is 6.07 Å². The summed E-state index contributed by atoms with van der Waals surface area (Å²) in [6.07, 6.45) is -1.03. The Morgan fingerprint density at radius 1 is 1.21 bits per heavy atom. The summed E-state index contributed by atoms with van der Waals surface area (Å²) in [7, 11) is 0. The molecule has 8 nitrogen and oxygen atoms in total. The second-order valence-corrected chi connectivity index (χ2v) is 6.18. The summed E-state index contributed by atoms with van der Waals surface area (Å²) < 4.78 is 34.4. The van der Waals surface area contributed by atoms with Crippen molar-refractivity contribution in [2.24, 2.45) is 0 Å². The van der Waals surface area contributed by atoms with Gasteiger partial charge in [0.25, 0.3) is 5.91 Å². The Kier molecular flexibility index (Phi) is 4.88. The number of ether oxygens (including phenoxy) is 4. The van der Waals surface area contributed by atoms with Crippen molar-refractivity contribution in [1.29, 1.82) is 0 Å². The zero-order chi connectivity index (χ0) is 19.5. The van der Waals surface area contributed by atoms with Crippen molar-refractivity contribution in [3.05, 3.63) is 48.3 Å². The van der Waals surface area contributed by atoms with Gasteiger partial charge in [-0.05, 0) is 24.3 Å². The van der Waals surface area contributed by atoms with E-state index in [0.29, 0.717) is 17.2 Å². The Hall–Kier alpha value is -3.49. The van der Waals surface area contributed by atoms with E-state index in [1.807, 2.05) is 0 Å². The number of carbonyl (C=O) groups is 2. The average molecular weight is 388 g/mol. The van der Waals surface area contributed by atoms with Crippen LogP contribution in [0.25, 0.3) is 0 Å². The van der Waals surface area contributed by atoms with Crippen LogP contribution in [0.4, 0.5) is 14.9 Å². The lowest BCUT2D eigenvalue weighted by Crippen LogP contribution is -2.37. The highest BCUT2D eigenvalue weighted by atomic mass is 19.1. The van der Waals surface area contributed by atoms with E-state index in [0.717, 1.165) is 0 Å². The minimum Gasteiger partial charge on any atom is -0.481 e. The summed E-state index contributed by atoms with van der Waals surface area (Å²) in [5, 5.41) is 2.61. The first-order valence-corrected chi connectivity index (χ1v) is 8.62. The predicted molar refractivity (Wildman–Crippen MR) is 95.1 cm³/mol. The summed E-state index contributed by atoms with van der Waals surface area (Å²) >= 11 is 0. The largest absolute Gasteiger partial charge is 0.481 e. The van der Waals surface area contributed by atoms with Crippen molar-refractivity contribution in [1.82, 2.24) is 5.32 Å². The van der Waals surface area contributed by atoms with Crippen molar-refractivity contribution in [3.8, 4) is 17.2 Å². The maximum atomic E-state index is 13.5. The standard InChI is InChI=1S/C19H17FN2O6/c20-14-3-1-2-4-15(14)25-10-18(23)21-8-13-9-22(19(24)28-13)12-5-6-16-17(7-12)27-11-26-16/h1-7,13H,8-11H2,(H,21,23)/t13-/m0/s1. The predicted octanol–water partition coefficient (Wildman–Crippen LogP) is 2.07. The molecule has 2 amide bonds. The molecule has 0 radical (unpaired) electrons. The maximum absolute atomic E-state index is 13.5. The van der Waals surface area contributed by atoms with Gasteiger partial charge >= 0.3 is 6.09 Å². The number of anilines is 1. The molecule has 2 aromatic carbocycles. The van der Waals surface area contributed by atoms with Gasteiger partial charge in [0.05, 0.1) is 18.8 Å². The summed E-state index contributed by atoms with van der Waals surface area (Å²) in [6, 6.07) is 11.0. The first kappa shape index (κ1) is 17.9. The molecule has 0 aliphatic carbocycles. The van der Waals surface area contributed by atoms with Crippen LogP contribution in [0.15, 0.2) is 42.5 Å². The maximum Gasteiger partial charge on any atom is 0.414 e. The molecule has 0 unspecified atom stereocenters. The molecule has 1 atom stereocenters. The lowest BCUT2D eigenvalue weighted by atomic mass is 10.2. The van der Waals surface area contributed by atoms with Crippen molar-refractivity contribution in [2.75, 3.05) is 31.4 Å². The lowest BCUT2D eigenvalue weighted by molar-refractivity contribution is -0.123. The number of fused-ring (bicyclic) bond motifs is 1. The molecule has 2 aliphatic rings. The molecule has 2 aromatic rings. The fourth-order valence-corrected chi connectivity index (χ4v) is 2.88. The van der Waals surface area contributed by atoms with Crippen LogP contribution >= 0.6 is 0 Å². The highest BCUT2D eigenvalue weighted by Crippen LogP contribution is 2.36. The van der Waals surface area contributed by atoms with Crippen molar-refractivity contribution < 1.29 is 32.9 Å². The zero-order valence-corrected chi connectivity index (χ0v) is 14.7. The highest BCUT2D eigenvalue weighted by molar-refractivity contribution is 5.90. The van der Waals surface area contributed by atoms with Crippen LogP contribution in [0.5, 0.6) is 17.2 Å². The molecule has 1 N–H and O–H groups in total. The number of nitrogens with zero attached hydrogens (tertiary/aromatic N) is 1. The van der Waals surface area contributed by atoms with Crippen LogP contribution in [0.2, 0.25) is 0 Å². The molecule has 0 saturated carbocycles. The number of benzene rings is 2. The van der Waals surface area contributed by atoms with E-state index in [2.05, 4.69) is 5.32 Å². The normalized spacial score (nSPS) is 17.4. The van der Waals surface area contributed by atoms with Gasteiger partial charge in [-0.25, -0.2) is 9.18 Å². The number of nitrogens with one attached hydrogen (secondary N) is 1. The van der Waals surface area contributed by atoms with E-state index in [-0.39, 0.29) is 32.2 Å². The number of amides is 2. The number of hydrogen-bond donors (Lipinski definition) is 1. The molecule has 0 spiro atoms. The zero-order valence-electron chi connectivity index (χ0n) is 14.7. The average Bonchev–Trinajstić information content (AvgIpc) is 3.31. The Bertz CT molecular complexity index is 906. The quantitative estimate of drug-likeness (QED) is 0.816. The molecule has 1 fully saturated rings. The number of carbonyl (C=O) groups excluding carboxylic acids is 2. The second-order valence-electron chi connectivity index (χ2n) is 6.18. The highest BCUT2D eigenvalue weighted by Gasteiger charge is 2.33. The van der Waals surface area contributed by atoms with Crippen molar-refractivity contribution >= 4 is 17.7 Å². The SMILES string of the molecule is O=C(COc1ccccc1F)NC[C@H]1CN(c2ccc3c(c2)OCO3)C(=O)O1. The molecule has 146 valence electrons. The van der Waals surface area contributed by atoms with Gasteiger partial charge in [-0.15, -0.1) is 0 Å². The van der Waals surface area contributed by atoms with Crippen LogP contribution in [-0.2, 0) is 9.53 Å². The molecule has 0 aromatic heterocycles. The topological polar surface area (TPSA) is 86.3 Å². The molecule has 2 aliphatic heterocycles. The second kappa shape index (κ2) is 7.63. The van der Waals surface area contributed by atoms with Crippen LogP contribution in [-0.4, -0.2) is 44.6 Å². The monoisotopic (exact) mass is 388 g/mol. The van der Waals surface area contributed by atoms with Crippen molar-refractivity contribution in [2.45, 2.75) is 6.10 Å². The van der Waals surface area contributed by atoms with E-state index >= 15 is 0 Å². The number of halogens is 1. The first-order chi connectivity index (χ1) is 13.6. The van der Waals surface area contributed by atoms with Crippen LogP contribution < -0.4 is 24.4 Å². The van der Waals surface area contributed by atoms with Gasteiger partial charge in [0.2, 0.25) is 6.79 Å². The molecule has 4 rings (SSSR count).